The number of benzene rings is 3. The van der Waals surface area contributed by atoms with Crippen molar-refractivity contribution in [3.8, 4) is 17.2 Å². The summed E-state index contributed by atoms with van der Waals surface area (Å²) in [6.45, 7) is 1.87. The molecule has 0 aliphatic carbocycles. The van der Waals surface area contributed by atoms with Crippen LogP contribution in [0.25, 0.3) is 11.5 Å². The van der Waals surface area contributed by atoms with Crippen molar-refractivity contribution in [2.45, 2.75) is 37.6 Å². The van der Waals surface area contributed by atoms with E-state index in [4.69, 9.17) is 14.3 Å². The van der Waals surface area contributed by atoms with Gasteiger partial charge in [0.1, 0.15) is 11.5 Å². The molecule has 0 saturated carbocycles. The van der Waals surface area contributed by atoms with Crippen LogP contribution in [0, 0.1) is 18.6 Å². The van der Waals surface area contributed by atoms with Gasteiger partial charge in [0.15, 0.2) is 11.6 Å². The van der Waals surface area contributed by atoms with Crippen molar-refractivity contribution >= 4 is 16.0 Å². The summed E-state index contributed by atoms with van der Waals surface area (Å²) < 4.78 is 66.1. The summed E-state index contributed by atoms with van der Waals surface area (Å²) >= 11 is 0. The van der Waals surface area contributed by atoms with Gasteiger partial charge in [0.2, 0.25) is 15.9 Å². The van der Waals surface area contributed by atoms with E-state index in [0.717, 1.165) is 23.4 Å². The average Bonchev–Trinajstić information content (AvgIpc) is 3.29. The molecule has 1 aromatic heterocycles. The third kappa shape index (κ3) is 7.27. The monoisotopic (exact) mass is 556 g/mol. The number of aromatic nitrogens is 1. The lowest BCUT2D eigenvalue weighted by Gasteiger charge is -2.14. The Labute approximate surface area is 224 Å². The van der Waals surface area contributed by atoms with Crippen LogP contribution in [0.1, 0.15) is 29.0 Å². The number of hydrogen-bond acceptors (Lipinski definition) is 6. The highest BCUT2D eigenvalue weighted by molar-refractivity contribution is 7.89. The summed E-state index contributed by atoms with van der Waals surface area (Å²) in [6, 6.07) is 16.8. The van der Waals surface area contributed by atoms with Crippen molar-refractivity contribution < 1.29 is 36.3 Å². The molecular formula is C28H26F2N2O6S. The zero-order chi connectivity index (χ0) is 28.0. The first-order chi connectivity index (χ1) is 18.6. The van der Waals surface area contributed by atoms with Gasteiger partial charge >= 0.3 is 5.97 Å². The summed E-state index contributed by atoms with van der Waals surface area (Å²) in [7, 11) is -4.17. The first-order valence-corrected chi connectivity index (χ1v) is 13.5. The summed E-state index contributed by atoms with van der Waals surface area (Å²) in [5, 5.41) is 9.08. The van der Waals surface area contributed by atoms with E-state index >= 15 is 0 Å². The highest BCUT2D eigenvalue weighted by Crippen LogP contribution is 2.24. The fraction of sp³-hybridized carbons (Fsp3) is 0.214. The van der Waals surface area contributed by atoms with Crippen molar-refractivity contribution in [2.75, 3.05) is 6.61 Å². The summed E-state index contributed by atoms with van der Waals surface area (Å²) in [5.74, 6) is -1.81. The maximum atomic E-state index is 13.6. The number of halogens is 2. The first-order valence-electron chi connectivity index (χ1n) is 12.1. The molecule has 0 saturated heterocycles. The number of hydrogen-bond donors (Lipinski definition) is 2. The van der Waals surface area contributed by atoms with Crippen molar-refractivity contribution in [1.82, 2.24) is 9.71 Å². The summed E-state index contributed by atoms with van der Waals surface area (Å²) in [5.41, 5.74) is 2.70. The van der Waals surface area contributed by atoms with Gasteiger partial charge in [-0.15, -0.1) is 0 Å². The molecule has 0 fully saturated rings. The van der Waals surface area contributed by atoms with Crippen LogP contribution in [0.3, 0.4) is 0 Å². The van der Waals surface area contributed by atoms with Crippen LogP contribution in [0.5, 0.6) is 5.75 Å². The highest BCUT2D eigenvalue weighted by Gasteiger charge is 2.18. The van der Waals surface area contributed by atoms with E-state index in [1.807, 2.05) is 37.3 Å². The van der Waals surface area contributed by atoms with Crippen LogP contribution < -0.4 is 9.46 Å². The van der Waals surface area contributed by atoms with Gasteiger partial charge in [-0.25, -0.2) is 26.9 Å². The number of carboxylic acids is 1. The molecule has 39 heavy (non-hydrogen) atoms. The molecule has 0 spiro atoms. The Morgan fingerprint density at radius 1 is 1.00 bits per heavy atom. The van der Waals surface area contributed by atoms with Gasteiger partial charge in [-0.1, -0.05) is 24.3 Å². The fourth-order valence-electron chi connectivity index (χ4n) is 3.87. The summed E-state index contributed by atoms with van der Waals surface area (Å²) in [6.07, 6.45) is 0.470. The maximum absolute atomic E-state index is 13.6. The van der Waals surface area contributed by atoms with E-state index in [0.29, 0.717) is 41.0 Å². The fourth-order valence-corrected chi connectivity index (χ4v) is 4.89. The lowest BCUT2D eigenvalue weighted by atomic mass is 10.0. The number of aryl methyl sites for hydroxylation is 2. The van der Waals surface area contributed by atoms with Crippen LogP contribution in [0.2, 0.25) is 0 Å². The van der Waals surface area contributed by atoms with Gasteiger partial charge in [-0.3, -0.25) is 4.79 Å². The quantitative estimate of drug-likeness (QED) is 0.251. The second-order valence-electron chi connectivity index (χ2n) is 8.71. The van der Waals surface area contributed by atoms with Gasteiger partial charge in [-0.05, 0) is 66.9 Å². The molecule has 204 valence electrons. The maximum Gasteiger partial charge on any atom is 0.303 e. The predicted molar refractivity (Wildman–Crippen MR) is 139 cm³/mol. The van der Waals surface area contributed by atoms with Crippen LogP contribution in [-0.4, -0.2) is 31.1 Å². The molecule has 0 bridgehead atoms. The SMILES string of the molecule is Cc1oc(-c2ccccc2)nc1CCOc1ccc(CCC(=O)O)c(CNS(=O)(=O)c2ccc(F)c(F)c2)c1. The molecule has 3 aromatic carbocycles. The third-order valence-corrected chi connectivity index (χ3v) is 7.36. The standard InChI is InChI=1S/C28H26F2N2O6S/c1-18-26(32-28(38-18)20-5-3-2-4-6-20)13-14-37-22-9-7-19(8-12-27(33)34)21(15-22)17-31-39(35,36)23-10-11-24(29)25(30)16-23/h2-7,9-11,15-16,31H,8,12-14,17H2,1H3,(H,33,34). The molecule has 0 radical (unpaired) electrons. The molecule has 4 aromatic rings. The van der Waals surface area contributed by atoms with Gasteiger partial charge in [-0.2, -0.15) is 0 Å². The van der Waals surface area contributed by atoms with E-state index < -0.39 is 32.5 Å². The van der Waals surface area contributed by atoms with Gasteiger partial charge < -0.3 is 14.3 Å². The van der Waals surface area contributed by atoms with Crippen molar-refractivity contribution in [2.24, 2.45) is 0 Å². The normalized spacial score (nSPS) is 11.5. The van der Waals surface area contributed by atoms with E-state index in [9.17, 15) is 22.0 Å². The van der Waals surface area contributed by atoms with E-state index in [1.54, 1.807) is 18.2 Å². The molecule has 0 atom stereocenters. The Bertz CT molecular complexity index is 1570. The molecule has 2 N–H and O–H groups in total. The lowest BCUT2D eigenvalue weighted by molar-refractivity contribution is -0.136. The highest BCUT2D eigenvalue weighted by atomic mass is 32.2. The number of carbonyl (C=O) groups is 1. The van der Waals surface area contributed by atoms with Crippen LogP contribution in [0.4, 0.5) is 8.78 Å². The molecule has 4 rings (SSSR count). The molecule has 8 nitrogen and oxygen atoms in total. The van der Waals surface area contributed by atoms with E-state index in [1.165, 1.54) is 0 Å². The Morgan fingerprint density at radius 3 is 2.49 bits per heavy atom. The molecule has 1 heterocycles. The second kappa shape index (κ2) is 12.2. The van der Waals surface area contributed by atoms with Crippen molar-refractivity contribution in [3.63, 3.8) is 0 Å². The van der Waals surface area contributed by atoms with Crippen molar-refractivity contribution in [1.29, 1.82) is 0 Å². The minimum absolute atomic E-state index is 0.154. The minimum Gasteiger partial charge on any atom is -0.493 e. The number of ether oxygens (including phenoxy) is 1. The number of oxazole rings is 1. The van der Waals surface area contributed by atoms with Gasteiger partial charge in [0.05, 0.1) is 17.2 Å². The van der Waals surface area contributed by atoms with Crippen LogP contribution in [0.15, 0.2) is 76.0 Å². The Kier molecular flexibility index (Phi) is 8.72. The molecule has 0 aliphatic heterocycles. The number of rotatable bonds is 12. The topological polar surface area (TPSA) is 119 Å². The largest absolute Gasteiger partial charge is 0.493 e. The number of aliphatic carboxylic acids is 1. The average molecular weight is 557 g/mol. The zero-order valence-corrected chi connectivity index (χ0v) is 21.8. The van der Waals surface area contributed by atoms with E-state index in [-0.39, 0.29) is 26.0 Å². The number of nitrogens with zero attached hydrogens (tertiary/aromatic N) is 1. The van der Waals surface area contributed by atoms with Crippen LogP contribution in [-0.2, 0) is 34.2 Å². The molecule has 0 amide bonds. The van der Waals surface area contributed by atoms with Crippen LogP contribution >= 0.6 is 0 Å². The third-order valence-electron chi connectivity index (χ3n) is 5.96. The van der Waals surface area contributed by atoms with Gasteiger partial charge in [0, 0.05) is 24.9 Å². The zero-order valence-electron chi connectivity index (χ0n) is 21.0. The molecule has 0 unspecified atom stereocenters. The minimum atomic E-state index is -4.17. The number of carboxylic acid groups (broad SMARTS) is 1. The Hall–Kier alpha value is -4.09. The number of sulfonamides is 1. The lowest BCUT2D eigenvalue weighted by Crippen LogP contribution is -2.24. The Balaban J connectivity index is 1.46. The van der Waals surface area contributed by atoms with Gasteiger partial charge in [0.25, 0.3) is 0 Å². The predicted octanol–water partition coefficient (Wildman–Crippen LogP) is 5.05. The molecule has 11 heteroatoms. The molecular weight excluding hydrogens is 530 g/mol. The molecule has 0 aliphatic rings. The smallest absolute Gasteiger partial charge is 0.303 e. The number of nitrogens with one attached hydrogen (secondary N) is 1. The Morgan fingerprint density at radius 2 is 1.77 bits per heavy atom. The van der Waals surface area contributed by atoms with Crippen molar-refractivity contribution in [3.05, 3.63) is 101 Å². The van der Waals surface area contributed by atoms with E-state index in [2.05, 4.69) is 9.71 Å². The first kappa shape index (κ1) is 27.9. The summed E-state index contributed by atoms with van der Waals surface area (Å²) in [4.78, 5) is 15.2. The second-order valence-corrected chi connectivity index (χ2v) is 10.5.